The highest BCUT2D eigenvalue weighted by Crippen LogP contribution is 1.84. The maximum atomic E-state index is 10.1. The van der Waals surface area contributed by atoms with Crippen LogP contribution in [0.3, 0.4) is 0 Å². The van der Waals surface area contributed by atoms with Crippen LogP contribution in [0.25, 0.3) is 0 Å². The van der Waals surface area contributed by atoms with Crippen LogP contribution in [0.4, 0.5) is 0 Å². The summed E-state index contributed by atoms with van der Waals surface area (Å²) in [5.74, 6) is -2.59. The number of rotatable bonds is 2. The third kappa shape index (κ3) is 2.23. The molecule has 0 aromatic heterocycles. The molecule has 0 aromatic carbocycles. The number of esters is 1. The number of carbonyl (C=O) groups is 3. The number of ketones is 1. The zero-order valence-electron chi connectivity index (χ0n) is 4.51. The first-order valence-corrected chi connectivity index (χ1v) is 2.29. The highest BCUT2D eigenvalue weighted by Gasteiger charge is 2.20. The highest BCUT2D eigenvalue weighted by atomic mass is 35.5. The average molecular weight is 151 g/mol. The second-order valence-corrected chi connectivity index (χ2v) is 1.44. The summed E-state index contributed by atoms with van der Waals surface area (Å²) in [5, 5.41) is -1.33. The largest absolute Gasteiger partial charge is 0.463 e. The van der Waals surface area contributed by atoms with Crippen molar-refractivity contribution >= 4 is 28.6 Å². The van der Waals surface area contributed by atoms with Gasteiger partial charge >= 0.3 is 11.8 Å². The molecule has 0 rings (SSSR count). The molecule has 0 spiro atoms. The van der Waals surface area contributed by atoms with Gasteiger partial charge in [-0.1, -0.05) is 0 Å². The van der Waals surface area contributed by atoms with Crippen LogP contribution in [-0.2, 0) is 19.1 Å². The Labute approximate surface area is 55.7 Å². The third-order valence-electron chi connectivity index (χ3n) is 0.549. The van der Waals surface area contributed by atoms with E-state index in [1.807, 2.05) is 0 Å². The van der Waals surface area contributed by atoms with Crippen molar-refractivity contribution in [3.05, 3.63) is 0 Å². The molecular weight excluding hydrogens is 147 g/mol. The third-order valence-corrected chi connectivity index (χ3v) is 0.721. The van der Waals surface area contributed by atoms with Crippen molar-refractivity contribution in [2.24, 2.45) is 0 Å². The van der Waals surface area contributed by atoms with Crippen LogP contribution in [-0.4, -0.2) is 24.1 Å². The van der Waals surface area contributed by atoms with Gasteiger partial charge in [0.1, 0.15) is 0 Å². The number of carbonyl (C=O) groups excluding carboxylic acids is 3. The van der Waals surface area contributed by atoms with E-state index < -0.39 is 17.0 Å². The summed E-state index contributed by atoms with van der Waals surface area (Å²) in [6.45, 7) is 0. The van der Waals surface area contributed by atoms with E-state index >= 15 is 0 Å². The molecule has 0 aliphatic heterocycles. The first-order valence-electron chi connectivity index (χ1n) is 1.91. The Kier molecular flexibility index (Phi) is 2.87. The van der Waals surface area contributed by atoms with Crippen LogP contribution >= 0.6 is 11.6 Å². The van der Waals surface area contributed by atoms with Gasteiger partial charge in [0.15, 0.2) is 0 Å². The Bertz CT molecular complexity index is 162. The van der Waals surface area contributed by atoms with Gasteiger partial charge in [-0.2, -0.15) is 0 Å². The summed E-state index contributed by atoms with van der Waals surface area (Å²) in [4.78, 5) is 30.1. The summed E-state index contributed by atoms with van der Waals surface area (Å²) in [5.41, 5.74) is 0. The van der Waals surface area contributed by atoms with Crippen molar-refractivity contribution in [1.29, 1.82) is 0 Å². The van der Waals surface area contributed by atoms with E-state index in [4.69, 9.17) is 0 Å². The Hall–Kier alpha value is -0.900. The van der Waals surface area contributed by atoms with E-state index in [9.17, 15) is 14.4 Å². The number of hydrogen-bond acceptors (Lipinski definition) is 4. The van der Waals surface area contributed by atoms with E-state index in [0.717, 1.165) is 7.11 Å². The van der Waals surface area contributed by atoms with E-state index in [1.54, 1.807) is 0 Å². The van der Waals surface area contributed by atoms with E-state index in [2.05, 4.69) is 16.3 Å². The summed E-state index contributed by atoms with van der Waals surface area (Å²) in [6.07, 6.45) is 0. The normalized spacial score (nSPS) is 8.22. The van der Waals surface area contributed by atoms with Crippen LogP contribution in [0.2, 0.25) is 0 Å². The predicted molar refractivity (Wildman–Crippen MR) is 27.9 cm³/mol. The van der Waals surface area contributed by atoms with E-state index in [1.165, 1.54) is 0 Å². The lowest BCUT2D eigenvalue weighted by Crippen LogP contribution is -2.20. The minimum Gasteiger partial charge on any atom is -0.463 e. The molecule has 0 aromatic rings. The minimum atomic E-state index is -1.35. The topological polar surface area (TPSA) is 60.4 Å². The number of methoxy groups -OCH3 is 1. The summed E-state index contributed by atoms with van der Waals surface area (Å²) in [6, 6.07) is 0. The van der Waals surface area contributed by atoms with Crippen molar-refractivity contribution in [2.45, 2.75) is 0 Å². The van der Waals surface area contributed by atoms with Gasteiger partial charge in [-0.05, 0) is 11.6 Å². The zero-order chi connectivity index (χ0) is 7.44. The van der Waals surface area contributed by atoms with E-state index in [0.29, 0.717) is 0 Å². The fourth-order valence-electron chi connectivity index (χ4n) is 0.173. The van der Waals surface area contributed by atoms with Crippen molar-refractivity contribution in [3.63, 3.8) is 0 Å². The monoisotopic (exact) mass is 150 g/mol. The van der Waals surface area contributed by atoms with Gasteiger partial charge < -0.3 is 4.74 Å². The fourth-order valence-corrected chi connectivity index (χ4v) is 0.250. The van der Waals surface area contributed by atoms with Gasteiger partial charge in [-0.25, -0.2) is 4.79 Å². The Morgan fingerprint density at radius 2 is 1.78 bits per heavy atom. The number of Topliss-reactive ketones (excluding diaryl/α,β-unsaturated/α-hetero) is 1. The molecular formula is C4H3ClO4. The van der Waals surface area contributed by atoms with Crippen LogP contribution < -0.4 is 0 Å². The van der Waals surface area contributed by atoms with E-state index in [-0.39, 0.29) is 0 Å². The molecule has 0 amide bonds. The summed E-state index contributed by atoms with van der Waals surface area (Å²) < 4.78 is 3.88. The molecule has 0 fully saturated rings. The van der Waals surface area contributed by atoms with Gasteiger partial charge in [0, 0.05) is 0 Å². The molecule has 0 heterocycles. The zero-order valence-corrected chi connectivity index (χ0v) is 5.27. The molecule has 0 atom stereocenters. The number of ether oxygens (including phenoxy) is 1. The maximum Gasteiger partial charge on any atom is 0.384 e. The maximum absolute atomic E-state index is 10.1. The van der Waals surface area contributed by atoms with Gasteiger partial charge in [0.05, 0.1) is 7.11 Å². The number of halogens is 1. The first-order chi connectivity index (χ1) is 4.09. The molecule has 0 N–H and O–H groups in total. The van der Waals surface area contributed by atoms with Crippen molar-refractivity contribution in [3.8, 4) is 0 Å². The summed E-state index contributed by atoms with van der Waals surface area (Å²) in [7, 11) is 0.986. The standard InChI is InChI=1S/C4H3ClO4/c1-9-4(8)2(6)3(5)7/h1H3. The van der Waals surface area contributed by atoms with Crippen molar-refractivity contribution in [1.82, 2.24) is 0 Å². The lowest BCUT2D eigenvalue weighted by Gasteiger charge is -1.88. The smallest absolute Gasteiger partial charge is 0.384 e. The number of hydrogen-bond donors (Lipinski definition) is 0. The Morgan fingerprint density at radius 3 is 1.89 bits per heavy atom. The fraction of sp³-hybridized carbons (Fsp3) is 0.250. The molecule has 4 nitrogen and oxygen atoms in total. The molecule has 0 aliphatic carbocycles. The lowest BCUT2D eigenvalue weighted by molar-refractivity contribution is -0.153. The van der Waals surface area contributed by atoms with Gasteiger partial charge in [0.25, 0.3) is 5.24 Å². The first kappa shape index (κ1) is 8.10. The molecule has 9 heavy (non-hydrogen) atoms. The van der Waals surface area contributed by atoms with Crippen LogP contribution in [0.15, 0.2) is 0 Å². The average Bonchev–Trinajstić information content (AvgIpc) is 1.84. The second kappa shape index (κ2) is 3.19. The van der Waals surface area contributed by atoms with Crippen LogP contribution in [0.5, 0.6) is 0 Å². The summed E-state index contributed by atoms with van der Waals surface area (Å²) >= 11 is 4.61. The Morgan fingerprint density at radius 1 is 1.33 bits per heavy atom. The highest BCUT2D eigenvalue weighted by molar-refractivity contribution is 6.89. The minimum absolute atomic E-state index is 0.986. The molecule has 0 aliphatic rings. The lowest BCUT2D eigenvalue weighted by atomic mass is 10.4. The van der Waals surface area contributed by atoms with Crippen LogP contribution in [0, 0.1) is 0 Å². The molecule has 0 saturated carbocycles. The van der Waals surface area contributed by atoms with Crippen molar-refractivity contribution < 1.29 is 19.1 Å². The SMILES string of the molecule is COC(=O)C(=O)C(=O)Cl. The predicted octanol–water partition coefficient (Wildman–Crippen LogP) is -0.506. The second-order valence-electron chi connectivity index (χ2n) is 1.09. The van der Waals surface area contributed by atoms with Gasteiger partial charge in [-0.3, -0.25) is 9.59 Å². The molecule has 50 valence electrons. The molecule has 0 radical (unpaired) electrons. The van der Waals surface area contributed by atoms with Crippen molar-refractivity contribution in [2.75, 3.05) is 7.11 Å². The quantitative estimate of drug-likeness (QED) is 0.230. The molecule has 0 unspecified atom stereocenters. The van der Waals surface area contributed by atoms with Crippen LogP contribution in [0.1, 0.15) is 0 Å². The van der Waals surface area contributed by atoms with Gasteiger partial charge in [-0.15, -0.1) is 0 Å². The molecule has 0 saturated heterocycles. The van der Waals surface area contributed by atoms with Gasteiger partial charge in [0.2, 0.25) is 0 Å². The molecule has 5 heteroatoms. The Balaban J connectivity index is 4.05. The molecule has 0 bridgehead atoms.